The van der Waals surface area contributed by atoms with Gasteiger partial charge in [-0.2, -0.15) is 10.2 Å². The number of nitrogens with zero attached hydrogens (tertiary/aromatic N) is 4. The number of ether oxygens (including phenoxy) is 1. The maximum atomic E-state index is 14.4. The van der Waals surface area contributed by atoms with Gasteiger partial charge in [-0.15, -0.1) is 0 Å². The molecule has 2 aromatic carbocycles. The van der Waals surface area contributed by atoms with Crippen LogP contribution in [0.3, 0.4) is 0 Å². The first-order valence-electron chi connectivity index (χ1n) is 12.6. The van der Waals surface area contributed by atoms with Crippen molar-refractivity contribution in [3.63, 3.8) is 0 Å². The van der Waals surface area contributed by atoms with Crippen LogP contribution in [0, 0.1) is 11.6 Å². The minimum absolute atomic E-state index is 0.0603. The van der Waals surface area contributed by atoms with Gasteiger partial charge in [0.2, 0.25) is 0 Å². The molecular formula is C29H24F2N6O. The number of nitrogens with one attached hydrogen (secondary N) is 2. The summed E-state index contributed by atoms with van der Waals surface area (Å²) in [6, 6.07) is 9.81. The van der Waals surface area contributed by atoms with E-state index in [0.717, 1.165) is 35.0 Å². The molecule has 190 valence electrons. The molecule has 1 atom stereocenters. The number of aromatic amines is 2. The fraction of sp³-hybridized carbons (Fsp3) is 0.207. The Labute approximate surface area is 217 Å². The van der Waals surface area contributed by atoms with Gasteiger partial charge in [0.05, 0.1) is 29.8 Å². The first kappa shape index (κ1) is 22.8. The summed E-state index contributed by atoms with van der Waals surface area (Å²) in [5, 5.41) is 16.4. The van der Waals surface area contributed by atoms with Gasteiger partial charge in [-0.1, -0.05) is 18.2 Å². The van der Waals surface area contributed by atoms with Crippen LogP contribution in [-0.2, 0) is 11.3 Å². The third-order valence-corrected chi connectivity index (χ3v) is 7.49. The third-order valence-electron chi connectivity index (χ3n) is 7.49. The van der Waals surface area contributed by atoms with Crippen molar-refractivity contribution in [1.29, 1.82) is 0 Å². The number of rotatable bonds is 5. The van der Waals surface area contributed by atoms with Gasteiger partial charge < -0.3 is 4.74 Å². The zero-order valence-electron chi connectivity index (χ0n) is 20.4. The van der Waals surface area contributed by atoms with Crippen LogP contribution in [-0.4, -0.2) is 36.8 Å². The average Bonchev–Trinajstić information content (AvgIpc) is 3.69. The van der Waals surface area contributed by atoms with E-state index in [4.69, 9.17) is 9.72 Å². The van der Waals surface area contributed by atoms with Gasteiger partial charge >= 0.3 is 0 Å². The molecule has 0 unspecified atom stereocenters. The lowest BCUT2D eigenvalue weighted by molar-refractivity contribution is 0.188. The molecule has 0 fully saturated rings. The number of allylic oxidation sites excluding steroid dienone is 4. The zero-order chi connectivity index (χ0) is 25.6. The molecule has 7 nitrogen and oxygen atoms in total. The SMILES string of the molecule is Fc1cccc(F)c1CN1CC=CC[C@@H]1c1nc(-c2ccc3[nH]nc(C4=C5C=COC=C5CC4)c3c2)n[nH]1. The second-order valence-corrected chi connectivity index (χ2v) is 9.70. The van der Waals surface area contributed by atoms with Crippen LogP contribution in [0.25, 0.3) is 27.9 Å². The Balaban J connectivity index is 1.20. The minimum atomic E-state index is -0.544. The highest BCUT2D eigenvalue weighted by Crippen LogP contribution is 2.41. The summed E-state index contributed by atoms with van der Waals surface area (Å²) >= 11 is 0. The Hall–Kier alpha value is -4.37. The Kier molecular flexibility index (Phi) is 5.51. The summed E-state index contributed by atoms with van der Waals surface area (Å²) in [5.41, 5.74) is 6.35. The summed E-state index contributed by atoms with van der Waals surface area (Å²) in [6.45, 7) is 0.702. The number of hydrogen-bond donors (Lipinski definition) is 2. The van der Waals surface area contributed by atoms with E-state index in [0.29, 0.717) is 24.6 Å². The molecule has 4 heterocycles. The van der Waals surface area contributed by atoms with Crippen molar-refractivity contribution >= 4 is 16.5 Å². The van der Waals surface area contributed by atoms with Crippen molar-refractivity contribution in [2.75, 3.05) is 6.54 Å². The lowest BCUT2D eigenvalue weighted by Gasteiger charge is -2.31. The highest BCUT2D eigenvalue weighted by molar-refractivity contribution is 5.95. The number of H-pyrrole nitrogens is 2. The molecule has 7 rings (SSSR count). The summed E-state index contributed by atoms with van der Waals surface area (Å²) in [4.78, 5) is 6.82. The second kappa shape index (κ2) is 9.18. The van der Waals surface area contributed by atoms with E-state index in [9.17, 15) is 8.78 Å². The summed E-state index contributed by atoms with van der Waals surface area (Å²) in [7, 11) is 0. The molecule has 0 bridgehead atoms. The number of halogens is 2. The molecule has 0 spiro atoms. The molecule has 38 heavy (non-hydrogen) atoms. The minimum Gasteiger partial charge on any atom is -0.472 e. The molecule has 1 aliphatic carbocycles. The van der Waals surface area contributed by atoms with Gasteiger partial charge in [-0.05, 0) is 72.4 Å². The number of fused-ring (bicyclic) bond motifs is 2. The Bertz CT molecular complexity index is 1660. The van der Waals surface area contributed by atoms with Crippen LogP contribution in [0.4, 0.5) is 8.78 Å². The Morgan fingerprint density at radius 3 is 2.82 bits per heavy atom. The van der Waals surface area contributed by atoms with E-state index in [1.165, 1.54) is 34.9 Å². The quantitative estimate of drug-likeness (QED) is 0.317. The molecule has 9 heteroatoms. The van der Waals surface area contributed by atoms with E-state index < -0.39 is 11.6 Å². The molecule has 2 aliphatic heterocycles. The highest BCUT2D eigenvalue weighted by Gasteiger charge is 2.28. The van der Waals surface area contributed by atoms with Gasteiger partial charge in [-0.25, -0.2) is 13.8 Å². The Morgan fingerprint density at radius 1 is 1.03 bits per heavy atom. The molecule has 0 saturated heterocycles. The summed E-state index contributed by atoms with van der Waals surface area (Å²) in [5.74, 6) is 0.142. The van der Waals surface area contributed by atoms with Gasteiger partial charge in [0, 0.05) is 29.6 Å². The lowest BCUT2D eigenvalue weighted by Crippen LogP contribution is -2.32. The topological polar surface area (TPSA) is 82.7 Å². The number of hydrogen-bond acceptors (Lipinski definition) is 5. The zero-order valence-corrected chi connectivity index (χ0v) is 20.4. The van der Waals surface area contributed by atoms with Gasteiger partial charge in [0.15, 0.2) is 5.82 Å². The molecule has 0 radical (unpaired) electrons. The second-order valence-electron chi connectivity index (χ2n) is 9.70. The van der Waals surface area contributed by atoms with Crippen molar-refractivity contribution < 1.29 is 13.5 Å². The summed E-state index contributed by atoms with van der Waals surface area (Å²) < 4.78 is 34.1. The third kappa shape index (κ3) is 3.86. The highest BCUT2D eigenvalue weighted by atomic mass is 19.1. The van der Waals surface area contributed by atoms with Crippen LogP contribution in [0.5, 0.6) is 0 Å². The fourth-order valence-electron chi connectivity index (χ4n) is 5.52. The smallest absolute Gasteiger partial charge is 0.181 e. The maximum absolute atomic E-state index is 14.4. The van der Waals surface area contributed by atoms with Crippen molar-refractivity contribution in [3.8, 4) is 11.4 Å². The van der Waals surface area contributed by atoms with Crippen LogP contribution in [0.2, 0.25) is 0 Å². The molecular weight excluding hydrogens is 486 g/mol. The van der Waals surface area contributed by atoms with Crippen LogP contribution in [0.1, 0.15) is 42.4 Å². The van der Waals surface area contributed by atoms with E-state index in [2.05, 4.69) is 32.5 Å². The van der Waals surface area contributed by atoms with Gasteiger partial charge in [-0.3, -0.25) is 15.1 Å². The van der Waals surface area contributed by atoms with Gasteiger partial charge in [0.1, 0.15) is 17.5 Å². The van der Waals surface area contributed by atoms with E-state index >= 15 is 0 Å². The monoisotopic (exact) mass is 510 g/mol. The standard InChI is InChI=1S/C29H24F2N6O/c30-23-4-3-5-24(31)22(23)15-37-12-2-1-6-26(37)29-32-28(35-36-29)17-8-10-25-21(14-17)27(34-33-25)20-9-7-18-16-38-13-11-19(18)20/h1-5,8,10-11,13-14,16,26H,6-7,9,12,15H2,(H,33,34)(H,32,35,36)/t26-/m1/s1. The van der Waals surface area contributed by atoms with Crippen LogP contribution in [0.15, 0.2) is 78.3 Å². The van der Waals surface area contributed by atoms with Crippen molar-refractivity contribution in [3.05, 3.63) is 107 Å². The van der Waals surface area contributed by atoms with Crippen molar-refractivity contribution in [2.45, 2.75) is 31.8 Å². The number of benzene rings is 2. The van der Waals surface area contributed by atoms with Crippen molar-refractivity contribution in [2.24, 2.45) is 0 Å². The lowest BCUT2D eigenvalue weighted by atomic mass is 10.0. The van der Waals surface area contributed by atoms with E-state index in [1.807, 2.05) is 35.4 Å². The first-order valence-corrected chi connectivity index (χ1v) is 12.6. The largest absolute Gasteiger partial charge is 0.472 e. The molecule has 0 saturated carbocycles. The molecule has 2 aromatic heterocycles. The maximum Gasteiger partial charge on any atom is 0.181 e. The van der Waals surface area contributed by atoms with Crippen LogP contribution >= 0.6 is 0 Å². The molecule has 2 N–H and O–H groups in total. The van der Waals surface area contributed by atoms with E-state index in [1.54, 1.807) is 6.26 Å². The number of aromatic nitrogens is 5. The van der Waals surface area contributed by atoms with E-state index in [-0.39, 0.29) is 18.2 Å². The predicted octanol–water partition coefficient (Wildman–Crippen LogP) is 6.10. The summed E-state index contributed by atoms with van der Waals surface area (Å²) in [6.07, 6.45) is 12.1. The van der Waals surface area contributed by atoms with Gasteiger partial charge in [0.25, 0.3) is 0 Å². The fourth-order valence-corrected chi connectivity index (χ4v) is 5.52. The van der Waals surface area contributed by atoms with Crippen molar-refractivity contribution in [1.82, 2.24) is 30.3 Å². The average molecular weight is 511 g/mol. The molecule has 0 amide bonds. The van der Waals surface area contributed by atoms with Crippen LogP contribution < -0.4 is 0 Å². The normalized spacial score (nSPS) is 19.2. The molecule has 3 aliphatic rings. The predicted molar refractivity (Wildman–Crippen MR) is 139 cm³/mol. The molecule has 4 aromatic rings. The Morgan fingerprint density at radius 2 is 1.92 bits per heavy atom. The first-order chi connectivity index (χ1) is 18.7.